The zero-order valence-electron chi connectivity index (χ0n) is 25.0. The number of benzene rings is 3. The summed E-state index contributed by atoms with van der Waals surface area (Å²) in [6.45, 7) is -0.131. The van der Waals surface area contributed by atoms with Crippen LogP contribution >= 0.6 is 0 Å². The fourth-order valence-corrected chi connectivity index (χ4v) is 5.31. The van der Waals surface area contributed by atoms with Gasteiger partial charge >= 0.3 is 18.3 Å². The summed E-state index contributed by atoms with van der Waals surface area (Å²) in [5.41, 5.74) is -1.46. The Morgan fingerprint density at radius 1 is 0.894 bits per heavy atom. The highest BCUT2D eigenvalue weighted by atomic mass is 19.4. The second-order valence-corrected chi connectivity index (χ2v) is 11.0. The number of halogens is 6. The van der Waals surface area contributed by atoms with Crippen LogP contribution in [0.2, 0.25) is 0 Å². The van der Waals surface area contributed by atoms with Gasteiger partial charge in [-0.3, -0.25) is 14.9 Å². The summed E-state index contributed by atoms with van der Waals surface area (Å²) >= 11 is 0. The zero-order chi connectivity index (χ0) is 34.2. The van der Waals surface area contributed by atoms with Gasteiger partial charge in [-0.05, 0) is 72.4 Å². The highest BCUT2D eigenvalue weighted by molar-refractivity contribution is 5.98. The molecule has 3 aromatic rings. The first-order valence-corrected chi connectivity index (χ1v) is 14.7. The fraction of sp³-hybridized carbons (Fsp3) is 0.333. The first-order valence-electron chi connectivity index (χ1n) is 14.7. The quantitative estimate of drug-likeness (QED) is 0.0711. The van der Waals surface area contributed by atoms with E-state index in [4.69, 9.17) is 5.11 Å². The van der Waals surface area contributed by atoms with Gasteiger partial charge in [0, 0.05) is 17.8 Å². The Morgan fingerprint density at radius 2 is 1.49 bits per heavy atom. The van der Waals surface area contributed by atoms with Crippen LogP contribution in [0.4, 0.5) is 37.7 Å². The summed E-state index contributed by atoms with van der Waals surface area (Å²) in [7, 11) is 0. The van der Waals surface area contributed by atoms with E-state index < -0.39 is 41.0 Å². The number of nitrogens with zero attached hydrogens (tertiary/aromatic N) is 3. The number of alkyl halides is 6. The number of carbonyl (C=O) groups excluding carboxylic acids is 1. The monoisotopic (exact) mass is 659 g/mol. The van der Waals surface area contributed by atoms with Crippen molar-refractivity contribution in [3.05, 3.63) is 94.5 Å². The molecule has 3 N–H and O–H groups in total. The molecule has 0 aromatic heterocycles. The summed E-state index contributed by atoms with van der Waals surface area (Å²) in [5, 5.41) is 23.1. The lowest BCUT2D eigenvalue weighted by atomic mass is 9.84. The van der Waals surface area contributed by atoms with Gasteiger partial charge in [0.2, 0.25) is 5.96 Å². The minimum Gasteiger partial charge on any atom is -0.481 e. The maximum absolute atomic E-state index is 13.6. The van der Waals surface area contributed by atoms with Crippen molar-refractivity contribution >= 4 is 29.2 Å². The lowest BCUT2D eigenvalue weighted by molar-refractivity contribution is -0.143. The Kier molecular flexibility index (Phi) is 11.1. The van der Waals surface area contributed by atoms with Gasteiger partial charge in [0.1, 0.15) is 0 Å². The number of hydrogen-bond donors (Lipinski definition) is 3. The molecule has 1 aliphatic carbocycles. The standard InChI is InChI=1S/C33H31F6N5O3/c34-32(35,36)25-16-26(33(37,38)39)18-27(17-25)43-31(42-20-40)44(28-12-10-23(11-13-28)22-4-2-1-3-5-22)19-21-6-8-24(9-7-21)30(47)41-15-14-29(45)46/h6-13,16-18,22H,1-5,14-15,19H2,(H,41,47)(H,42,43)(H,45,46). The summed E-state index contributed by atoms with van der Waals surface area (Å²) < 4.78 is 81.4. The van der Waals surface area contributed by atoms with Gasteiger partial charge in [0.15, 0.2) is 6.19 Å². The highest BCUT2D eigenvalue weighted by Gasteiger charge is 2.37. The number of anilines is 1. The van der Waals surface area contributed by atoms with E-state index in [0.29, 0.717) is 29.3 Å². The predicted molar refractivity (Wildman–Crippen MR) is 162 cm³/mol. The van der Waals surface area contributed by atoms with Crippen molar-refractivity contribution in [3.8, 4) is 6.19 Å². The first-order chi connectivity index (χ1) is 22.2. The third-order valence-electron chi connectivity index (χ3n) is 7.69. The average molecular weight is 660 g/mol. The lowest BCUT2D eigenvalue weighted by Crippen LogP contribution is -2.39. The van der Waals surface area contributed by atoms with E-state index in [9.17, 15) is 41.2 Å². The minimum atomic E-state index is -5.09. The largest absolute Gasteiger partial charge is 0.481 e. The van der Waals surface area contributed by atoms with E-state index in [0.717, 1.165) is 37.7 Å². The highest BCUT2D eigenvalue weighted by Crippen LogP contribution is 2.39. The number of carboxylic acids is 1. The molecule has 0 bridgehead atoms. The number of hydrogen-bond acceptors (Lipinski definition) is 4. The van der Waals surface area contributed by atoms with Crippen molar-refractivity contribution in [2.45, 2.75) is 63.3 Å². The Balaban J connectivity index is 1.74. The van der Waals surface area contributed by atoms with Gasteiger partial charge in [-0.2, -0.15) is 31.6 Å². The van der Waals surface area contributed by atoms with E-state index in [1.54, 1.807) is 30.5 Å². The van der Waals surface area contributed by atoms with Crippen LogP contribution < -0.4 is 15.5 Å². The zero-order valence-corrected chi connectivity index (χ0v) is 25.0. The molecule has 0 radical (unpaired) electrons. The molecular weight excluding hydrogens is 628 g/mol. The number of carboxylic acid groups (broad SMARTS) is 1. The Morgan fingerprint density at radius 3 is 2.02 bits per heavy atom. The third-order valence-corrected chi connectivity index (χ3v) is 7.69. The molecule has 1 aliphatic rings. The molecule has 1 saturated carbocycles. The van der Waals surface area contributed by atoms with Crippen LogP contribution in [-0.4, -0.2) is 29.5 Å². The van der Waals surface area contributed by atoms with Crippen LogP contribution in [0.1, 0.15) is 77.1 Å². The van der Waals surface area contributed by atoms with Crippen molar-refractivity contribution in [1.82, 2.24) is 10.6 Å². The van der Waals surface area contributed by atoms with Crippen molar-refractivity contribution in [2.24, 2.45) is 4.99 Å². The van der Waals surface area contributed by atoms with Crippen LogP contribution in [0.3, 0.4) is 0 Å². The van der Waals surface area contributed by atoms with Crippen LogP contribution in [0.5, 0.6) is 0 Å². The Hall–Kier alpha value is -5.06. The molecule has 0 spiro atoms. The van der Waals surface area contributed by atoms with Gasteiger partial charge in [0.25, 0.3) is 5.91 Å². The van der Waals surface area contributed by atoms with Gasteiger partial charge in [-0.15, -0.1) is 0 Å². The number of nitriles is 1. The molecule has 1 amide bonds. The van der Waals surface area contributed by atoms with Crippen molar-refractivity contribution in [1.29, 1.82) is 5.26 Å². The number of carbonyl (C=O) groups is 2. The van der Waals surface area contributed by atoms with E-state index in [1.165, 1.54) is 17.0 Å². The minimum absolute atomic E-state index is 0.00243. The number of guanidine groups is 1. The van der Waals surface area contributed by atoms with Crippen LogP contribution in [-0.2, 0) is 23.7 Å². The summed E-state index contributed by atoms with van der Waals surface area (Å²) in [4.78, 5) is 28.6. The Bertz CT molecular complexity index is 1590. The predicted octanol–water partition coefficient (Wildman–Crippen LogP) is 7.74. The number of aliphatic carboxylic acids is 1. The van der Waals surface area contributed by atoms with Crippen LogP contribution in [0.15, 0.2) is 71.7 Å². The van der Waals surface area contributed by atoms with Crippen LogP contribution in [0.25, 0.3) is 0 Å². The first kappa shape index (κ1) is 34.8. The average Bonchev–Trinajstić information content (AvgIpc) is 3.03. The molecule has 8 nitrogen and oxygen atoms in total. The maximum atomic E-state index is 13.6. The number of aliphatic imine (C=N–C) groups is 1. The number of nitrogens with one attached hydrogen (secondary N) is 2. The van der Waals surface area contributed by atoms with Gasteiger partial charge < -0.3 is 15.3 Å². The summed E-state index contributed by atoms with van der Waals surface area (Å²) in [5.74, 6) is -1.56. The molecule has 248 valence electrons. The summed E-state index contributed by atoms with van der Waals surface area (Å²) in [6, 6.07) is 14.3. The molecule has 0 atom stereocenters. The van der Waals surface area contributed by atoms with Gasteiger partial charge in [-0.1, -0.05) is 43.5 Å². The molecule has 0 heterocycles. The van der Waals surface area contributed by atoms with Crippen molar-refractivity contribution in [2.75, 3.05) is 11.4 Å². The fourth-order valence-electron chi connectivity index (χ4n) is 5.31. The van der Waals surface area contributed by atoms with E-state index in [2.05, 4.69) is 15.6 Å². The summed E-state index contributed by atoms with van der Waals surface area (Å²) in [6.07, 6.45) is -3.36. The maximum Gasteiger partial charge on any atom is 0.416 e. The molecular formula is C33H31F6N5O3. The van der Waals surface area contributed by atoms with Crippen LogP contribution in [0, 0.1) is 11.5 Å². The second kappa shape index (κ2) is 15.0. The van der Waals surface area contributed by atoms with Crippen molar-refractivity contribution in [3.63, 3.8) is 0 Å². The van der Waals surface area contributed by atoms with E-state index in [1.807, 2.05) is 12.1 Å². The topological polar surface area (TPSA) is 118 Å². The molecule has 4 rings (SSSR count). The molecule has 0 saturated heterocycles. The smallest absolute Gasteiger partial charge is 0.416 e. The molecule has 3 aromatic carbocycles. The number of amides is 1. The third kappa shape index (κ3) is 9.71. The number of rotatable bonds is 9. The SMILES string of the molecule is N#CNC(=Nc1cc(C(F)(F)F)cc(C(F)(F)F)c1)N(Cc1ccc(C(=O)NCCC(=O)O)cc1)c1ccc(C2CCCCC2)cc1. The molecule has 47 heavy (non-hydrogen) atoms. The van der Waals surface area contributed by atoms with E-state index >= 15 is 0 Å². The molecule has 0 aliphatic heterocycles. The molecule has 0 unspecified atom stereocenters. The lowest BCUT2D eigenvalue weighted by Gasteiger charge is -2.27. The normalized spacial score (nSPS) is 14.3. The molecule has 14 heteroatoms. The molecule has 1 fully saturated rings. The van der Waals surface area contributed by atoms with Crippen molar-refractivity contribution < 1.29 is 41.0 Å². The van der Waals surface area contributed by atoms with Gasteiger partial charge in [0.05, 0.1) is 29.8 Å². The Labute approximate surface area is 266 Å². The van der Waals surface area contributed by atoms with Gasteiger partial charge in [-0.25, -0.2) is 4.99 Å². The second-order valence-electron chi connectivity index (χ2n) is 11.0. The van der Waals surface area contributed by atoms with E-state index in [-0.39, 0.29) is 37.1 Å².